The van der Waals surface area contributed by atoms with Crippen LogP contribution < -0.4 is 10.1 Å². The van der Waals surface area contributed by atoms with Crippen molar-refractivity contribution in [3.63, 3.8) is 0 Å². The van der Waals surface area contributed by atoms with Gasteiger partial charge in [-0.05, 0) is 49.1 Å². The maximum atomic E-state index is 12.7. The molecule has 2 heterocycles. The lowest BCUT2D eigenvalue weighted by Crippen LogP contribution is -2.13. The smallest absolute Gasteiger partial charge is 0.267 e. The average Bonchev–Trinajstić information content (AvgIpc) is 3.02. The van der Waals surface area contributed by atoms with E-state index < -0.39 is 0 Å². The molecule has 0 unspecified atom stereocenters. The van der Waals surface area contributed by atoms with Crippen molar-refractivity contribution in [2.45, 2.75) is 46.6 Å². The lowest BCUT2D eigenvalue weighted by atomic mass is 9.87. The van der Waals surface area contributed by atoms with Gasteiger partial charge in [0, 0.05) is 11.4 Å². The number of rotatable bonds is 5. The molecule has 1 amide bonds. The molecule has 0 bridgehead atoms. The van der Waals surface area contributed by atoms with E-state index in [0.29, 0.717) is 22.9 Å². The zero-order valence-corrected chi connectivity index (χ0v) is 17.7. The van der Waals surface area contributed by atoms with E-state index in [-0.39, 0.29) is 11.3 Å². The lowest BCUT2D eigenvalue weighted by molar-refractivity contribution is 0.103. The number of carbonyl (C=O) groups is 1. The summed E-state index contributed by atoms with van der Waals surface area (Å²) in [5, 5.41) is 3.71. The predicted molar refractivity (Wildman–Crippen MR) is 113 cm³/mol. The SMILES string of the molecule is Cc1ccc(OCc2nc(C)c(C(=O)Nc3ccc(C(C)(C)C)cc3)s2)cn1. The maximum Gasteiger partial charge on any atom is 0.267 e. The maximum absolute atomic E-state index is 12.7. The van der Waals surface area contributed by atoms with E-state index in [0.717, 1.165) is 16.4 Å². The minimum atomic E-state index is -0.151. The number of aromatic nitrogens is 2. The Bertz CT molecular complexity index is 955. The van der Waals surface area contributed by atoms with E-state index in [1.165, 1.54) is 16.9 Å². The van der Waals surface area contributed by atoms with Gasteiger partial charge in [0.2, 0.25) is 0 Å². The third-order valence-electron chi connectivity index (χ3n) is 4.30. The highest BCUT2D eigenvalue weighted by Crippen LogP contribution is 2.25. The number of anilines is 1. The van der Waals surface area contributed by atoms with E-state index in [1.807, 2.05) is 50.2 Å². The number of pyridine rings is 1. The molecule has 0 fully saturated rings. The van der Waals surface area contributed by atoms with Crippen LogP contribution in [0.3, 0.4) is 0 Å². The second-order valence-corrected chi connectivity index (χ2v) is 8.81. The summed E-state index contributed by atoms with van der Waals surface area (Å²) in [6.45, 7) is 10.6. The fourth-order valence-electron chi connectivity index (χ4n) is 2.65. The highest BCUT2D eigenvalue weighted by molar-refractivity contribution is 7.13. The first-order valence-electron chi connectivity index (χ1n) is 9.16. The standard InChI is InChI=1S/C22H25N3O2S/c1-14-6-11-18(12-23-14)27-13-19-24-15(2)20(28-19)21(26)25-17-9-7-16(8-10-17)22(3,4)5/h6-12H,13H2,1-5H3,(H,25,26). The number of hydrogen-bond acceptors (Lipinski definition) is 5. The van der Waals surface area contributed by atoms with E-state index in [9.17, 15) is 4.79 Å². The van der Waals surface area contributed by atoms with Gasteiger partial charge in [-0.25, -0.2) is 4.98 Å². The molecule has 1 N–H and O–H groups in total. The third-order valence-corrected chi connectivity index (χ3v) is 5.43. The van der Waals surface area contributed by atoms with E-state index in [1.54, 1.807) is 6.20 Å². The highest BCUT2D eigenvalue weighted by Gasteiger charge is 2.17. The fraction of sp³-hybridized carbons (Fsp3) is 0.318. The van der Waals surface area contributed by atoms with Crippen LogP contribution in [0.5, 0.6) is 5.75 Å². The van der Waals surface area contributed by atoms with Crippen LogP contribution in [0.1, 0.15) is 52.4 Å². The van der Waals surface area contributed by atoms with Crippen LogP contribution in [0.2, 0.25) is 0 Å². The molecule has 0 atom stereocenters. The van der Waals surface area contributed by atoms with Gasteiger partial charge in [0.05, 0.1) is 11.9 Å². The molecule has 3 aromatic rings. The van der Waals surface area contributed by atoms with Gasteiger partial charge in [-0.15, -0.1) is 11.3 Å². The number of carbonyl (C=O) groups excluding carboxylic acids is 1. The Balaban J connectivity index is 1.65. The highest BCUT2D eigenvalue weighted by atomic mass is 32.1. The summed E-state index contributed by atoms with van der Waals surface area (Å²) < 4.78 is 5.71. The second kappa shape index (κ2) is 8.10. The number of hydrogen-bond donors (Lipinski definition) is 1. The van der Waals surface area contributed by atoms with Crippen molar-refractivity contribution >= 4 is 22.9 Å². The fourth-order valence-corrected chi connectivity index (χ4v) is 3.52. The molecule has 0 aliphatic rings. The molecular formula is C22H25N3O2S. The first-order chi connectivity index (χ1) is 13.2. The van der Waals surface area contributed by atoms with Crippen molar-refractivity contribution in [3.05, 3.63) is 69.4 Å². The van der Waals surface area contributed by atoms with Crippen molar-refractivity contribution in [1.29, 1.82) is 0 Å². The zero-order chi connectivity index (χ0) is 20.3. The lowest BCUT2D eigenvalue weighted by Gasteiger charge is -2.19. The summed E-state index contributed by atoms with van der Waals surface area (Å²) >= 11 is 1.35. The quantitative estimate of drug-likeness (QED) is 0.638. The molecule has 0 aliphatic carbocycles. The Morgan fingerprint density at radius 3 is 2.43 bits per heavy atom. The number of benzene rings is 1. The normalized spacial score (nSPS) is 11.3. The monoisotopic (exact) mass is 395 g/mol. The predicted octanol–water partition coefficient (Wildman–Crippen LogP) is 5.28. The van der Waals surface area contributed by atoms with Crippen LogP contribution in [0.15, 0.2) is 42.6 Å². The molecule has 3 rings (SSSR count). The largest absolute Gasteiger partial charge is 0.485 e. The van der Waals surface area contributed by atoms with Gasteiger partial charge in [-0.2, -0.15) is 0 Å². The summed E-state index contributed by atoms with van der Waals surface area (Å²) in [7, 11) is 0. The number of aryl methyl sites for hydroxylation is 2. The molecule has 0 spiro atoms. The second-order valence-electron chi connectivity index (χ2n) is 7.73. The van der Waals surface area contributed by atoms with Crippen LogP contribution in [-0.2, 0) is 12.0 Å². The molecule has 0 aliphatic heterocycles. The van der Waals surface area contributed by atoms with Crippen LogP contribution in [0, 0.1) is 13.8 Å². The molecule has 6 heteroatoms. The van der Waals surface area contributed by atoms with Crippen molar-refractivity contribution in [2.24, 2.45) is 0 Å². The van der Waals surface area contributed by atoms with E-state index >= 15 is 0 Å². The number of ether oxygens (including phenoxy) is 1. The topological polar surface area (TPSA) is 64.1 Å². The third kappa shape index (κ3) is 4.95. The number of amides is 1. The molecule has 0 saturated carbocycles. The van der Waals surface area contributed by atoms with Crippen molar-refractivity contribution < 1.29 is 9.53 Å². The zero-order valence-electron chi connectivity index (χ0n) is 16.9. The molecule has 0 saturated heterocycles. The number of thiazole rings is 1. The van der Waals surface area contributed by atoms with Gasteiger partial charge in [-0.1, -0.05) is 32.9 Å². The first kappa shape index (κ1) is 20.0. The minimum Gasteiger partial charge on any atom is -0.485 e. The van der Waals surface area contributed by atoms with E-state index in [2.05, 4.69) is 36.1 Å². The summed E-state index contributed by atoms with van der Waals surface area (Å²) in [6, 6.07) is 11.7. The Morgan fingerprint density at radius 2 is 1.82 bits per heavy atom. The number of nitrogens with one attached hydrogen (secondary N) is 1. The van der Waals surface area contributed by atoms with Crippen LogP contribution >= 0.6 is 11.3 Å². The first-order valence-corrected chi connectivity index (χ1v) is 9.97. The molecule has 2 aromatic heterocycles. The summed E-state index contributed by atoms with van der Waals surface area (Å²) in [4.78, 5) is 21.9. The Kier molecular flexibility index (Phi) is 5.79. The Morgan fingerprint density at radius 1 is 1.11 bits per heavy atom. The van der Waals surface area contributed by atoms with Gasteiger partial charge in [0.25, 0.3) is 5.91 Å². The average molecular weight is 396 g/mol. The van der Waals surface area contributed by atoms with Crippen molar-refractivity contribution in [2.75, 3.05) is 5.32 Å². The number of nitrogens with zero attached hydrogens (tertiary/aromatic N) is 2. The van der Waals surface area contributed by atoms with Gasteiger partial charge in [0.15, 0.2) is 0 Å². The molecule has 28 heavy (non-hydrogen) atoms. The van der Waals surface area contributed by atoms with Gasteiger partial charge in [-0.3, -0.25) is 9.78 Å². The van der Waals surface area contributed by atoms with Gasteiger partial charge < -0.3 is 10.1 Å². The summed E-state index contributed by atoms with van der Waals surface area (Å²) in [5.74, 6) is 0.533. The molecule has 1 aromatic carbocycles. The van der Waals surface area contributed by atoms with Crippen molar-refractivity contribution in [3.8, 4) is 5.75 Å². The Labute approximate surface area is 169 Å². The van der Waals surface area contributed by atoms with Crippen LogP contribution in [0.25, 0.3) is 0 Å². The summed E-state index contributed by atoms with van der Waals surface area (Å²) in [6.07, 6.45) is 1.69. The van der Waals surface area contributed by atoms with Crippen LogP contribution in [0.4, 0.5) is 5.69 Å². The minimum absolute atomic E-state index is 0.0820. The van der Waals surface area contributed by atoms with Crippen molar-refractivity contribution in [1.82, 2.24) is 9.97 Å². The molecular weight excluding hydrogens is 370 g/mol. The van der Waals surface area contributed by atoms with Crippen LogP contribution in [-0.4, -0.2) is 15.9 Å². The van der Waals surface area contributed by atoms with E-state index in [4.69, 9.17) is 4.74 Å². The Hall–Kier alpha value is -2.73. The summed E-state index contributed by atoms with van der Waals surface area (Å²) in [5.41, 5.74) is 3.72. The molecule has 5 nitrogen and oxygen atoms in total. The van der Waals surface area contributed by atoms with Gasteiger partial charge >= 0.3 is 0 Å². The molecule has 146 valence electrons. The molecule has 0 radical (unpaired) electrons. The van der Waals surface area contributed by atoms with Gasteiger partial charge in [0.1, 0.15) is 22.2 Å².